The lowest BCUT2D eigenvalue weighted by Crippen LogP contribution is -1.72. The average molecular weight is 170 g/mol. The first-order valence-corrected chi connectivity index (χ1v) is 3.90. The normalized spacial score (nSPS) is 7.58. The van der Waals surface area contributed by atoms with Gasteiger partial charge in [0.2, 0.25) is 0 Å². The van der Waals surface area contributed by atoms with Crippen LogP contribution < -0.4 is 0 Å². The Bertz CT molecular complexity index is 153. The maximum Gasteiger partial charge on any atom is 0.290 e. The lowest BCUT2D eigenvalue weighted by Gasteiger charge is -1.93. The van der Waals surface area contributed by atoms with Gasteiger partial charge in [-0.1, -0.05) is 17.2 Å². The van der Waals surface area contributed by atoms with Crippen molar-refractivity contribution in [2.45, 2.75) is 33.6 Å². The first kappa shape index (κ1) is 13.5. The van der Waals surface area contributed by atoms with E-state index in [1.54, 1.807) is 0 Å². The van der Waals surface area contributed by atoms with Gasteiger partial charge in [-0.25, -0.2) is 0 Å². The number of hydrogen-bond acceptors (Lipinski definition) is 1. The summed E-state index contributed by atoms with van der Waals surface area (Å²) in [4.78, 5) is 8.36. The summed E-state index contributed by atoms with van der Waals surface area (Å²) < 4.78 is 0. The summed E-state index contributed by atoms with van der Waals surface area (Å²) >= 11 is 0. The summed E-state index contributed by atoms with van der Waals surface area (Å²) in [6.45, 7) is 9.89. The minimum Gasteiger partial charge on any atom is -0.483 e. The van der Waals surface area contributed by atoms with Crippen LogP contribution in [0.15, 0.2) is 23.8 Å². The maximum atomic E-state index is 8.36. The number of hydrogen-bond donors (Lipinski definition) is 1. The lowest BCUT2D eigenvalue weighted by atomic mass is 10.1. The molecule has 0 aliphatic rings. The van der Waals surface area contributed by atoms with Crippen LogP contribution in [0.5, 0.6) is 0 Å². The number of carbonyl (C=O) groups is 1. The molecule has 2 nitrogen and oxygen atoms in total. The Hall–Kier alpha value is -1.05. The van der Waals surface area contributed by atoms with E-state index in [9.17, 15) is 0 Å². The Kier molecular flexibility index (Phi) is 11.2. The molecular weight excluding hydrogens is 152 g/mol. The molecule has 0 rings (SSSR count). The topological polar surface area (TPSA) is 37.3 Å². The molecule has 0 amide bonds. The van der Waals surface area contributed by atoms with Crippen molar-refractivity contribution in [3.8, 4) is 0 Å². The van der Waals surface area contributed by atoms with E-state index < -0.39 is 0 Å². The largest absolute Gasteiger partial charge is 0.483 e. The first-order valence-electron chi connectivity index (χ1n) is 3.90. The highest BCUT2D eigenvalue weighted by Gasteiger charge is 1.82. The molecule has 0 aromatic heterocycles. The van der Waals surface area contributed by atoms with Gasteiger partial charge in [-0.05, 0) is 33.6 Å². The van der Waals surface area contributed by atoms with Crippen LogP contribution in [0.2, 0.25) is 0 Å². The SMILES string of the molecule is C=C(C)CCC=C(C)C.O=CO. The zero-order valence-electron chi connectivity index (χ0n) is 8.13. The molecular formula is C10H18O2. The highest BCUT2D eigenvalue weighted by atomic mass is 16.3. The van der Waals surface area contributed by atoms with Crippen molar-refractivity contribution in [3.63, 3.8) is 0 Å². The third kappa shape index (κ3) is 23.1. The fraction of sp³-hybridized carbons (Fsp3) is 0.500. The zero-order valence-corrected chi connectivity index (χ0v) is 8.13. The van der Waals surface area contributed by atoms with Gasteiger partial charge in [-0.15, -0.1) is 6.58 Å². The average Bonchev–Trinajstić information content (AvgIpc) is 1.87. The van der Waals surface area contributed by atoms with Gasteiger partial charge >= 0.3 is 0 Å². The Balaban J connectivity index is 0. The third-order valence-corrected chi connectivity index (χ3v) is 1.12. The second-order valence-electron chi connectivity index (χ2n) is 2.88. The lowest BCUT2D eigenvalue weighted by molar-refractivity contribution is -0.122. The van der Waals surface area contributed by atoms with E-state index in [0.717, 1.165) is 12.8 Å². The fourth-order valence-corrected chi connectivity index (χ4v) is 0.607. The van der Waals surface area contributed by atoms with Crippen LogP contribution in [-0.2, 0) is 4.79 Å². The molecule has 0 unspecified atom stereocenters. The molecule has 12 heavy (non-hydrogen) atoms. The van der Waals surface area contributed by atoms with Crippen molar-refractivity contribution in [2.24, 2.45) is 0 Å². The second-order valence-corrected chi connectivity index (χ2v) is 2.88. The second kappa shape index (κ2) is 9.95. The van der Waals surface area contributed by atoms with E-state index in [1.807, 2.05) is 0 Å². The summed E-state index contributed by atoms with van der Waals surface area (Å²) in [5.41, 5.74) is 2.67. The molecule has 0 bridgehead atoms. The number of carboxylic acid groups (broad SMARTS) is 1. The minimum absolute atomic E-state index is 0.250. The Morgan fingerprint density at radius 2 is 1.83 bits per heavy atom. The van der Waals surface area contributed by atoms with Crippen molar-refractivity contribution in [3.05, 3.63) is 23.8 Å². The predicted molar refractivity (Wildman–Crippen MR) is 52.2 cm³/mol. The van der Waals surface area contributed by atoms with Crippen LogP contribution in [0.3, 0.4) is 0 Å². The summed E-state index contributed by atoms with van der Waals surface area (Å²) in [7, 11) is 0. The molecule has 0 atom stereocenters. The molecule has 0 saturated carbocycles. The van der Waals surface area contributed by atoms with Gasteiger partial charge in [0.1, 0.15) is 0 Å². The molecule has 0 heterocycles. The summed E-state index contributed by atoms with van der Waals surface area (Å²) in [5.74, 6) is 0. The smallest absolute Gasteiger partial charge is 0.290 e. The van der Waals surface area contributed by atoms with Crippen molar-refractivity contribution in [1.82, 2.24) is 0 Å². The van der Waals surface area contributed by atoms with Gasteiger partial charge in [0.15, 0.2) is 0 Å². The van der Waals surface area contributed by atoms with Gasteiger partial charge in [0, 0.05) is 0 Å². The van der Waals surface area contributed by atoms with Gasteiger partial charge < -0.3 is 5.11 Å². The van der Waals surface area contributed by atoms with Crippen LogP contribution in [0.4, 0.5) is 0 Å². The third-order valence-electron chi connectivity index (χ3n) is 1.12. The van der Waals surface area contributed by atoms with E-state index in [4.69, 9.17) is 9.90 Å². The zero-order chi connectivity index (χ0) is 9.98. The van der Waals surface area contributed by atoms with Crippen LogP contribution in [0.1, 0.15) is 33.6 Å². The minimum atomic E-state index is -0.250. The monoisotopic (exact) mass is 170 g/mol. The molecule has 0 radical (unpaired) electrons. The highest BCUT2D eigenvalue weighted by Crippen LogP contribution is 2.02. The van der Waals surface area contributed by atoms with Crippen LogP contribution >= 0.6 is 0 Å². The van der Waals surface area contributed by atoms with Crippen molar-refractivity contribution in [1.29, 1.82) is 0 Å². The molecule has 0 saturated heterocycles. The van der Waals surface area contributed by atoms with Crippen molar-refractivity contribution in [2.75, 3.05) is 0 Å². The molecule has 0 spiro atoms. The standard InChI is InChI=1S/C9H16.CH2O2/c1-8(2)6-5-7-9(3)4;2-1-3/h7H,1,5-6H2,2-4H3;1H,(H,2,3). The quantitative estimate of drug-likeness (QED) is 0.522. The Labute approximate surface area is 74.6 Å². The van der Waals surface area contributed by atoms with E-state index >= 15 is 0 Å². The van der Waals surface area contributed by atoms with Gasteiger partial charge in [0.05, 0.1) is 0 Å². The van der Waals surface area contributed by atoms with Gasteiger partial charge in [-0.3, -0.25) is 4.79 Å². The van der Waals surface area contributed by atoms with Crippen molar-refractivity contribution >= 4 is 6.47 Å². The van der Waals surface area contributed by atoms with E-state index in [2.05, 4.69) is 33.4 Å². The number of allylic oxidation sites excluding steroid dienone is 3. The summed E-state index contributed by atoms with van der Waals surface area (Å²) in [6.07, 6.45) is 4.53. The first-order chi connectivity index (χ1) is 5.54. The summed E-state index contributed by atoms with van der Waals surface area (Å²) in [6, 6.07) is 0. The molecule has 2 heteroatoms. The van der Waals surface area contributed by atoms with Crippen LogP contribution in [0, 0.1) is 0 Å². The molecule has 0 aliphatic carbocycles. The van der Waals surface area contributed by atoms with Crippen LogP contribution in [0.25, 0.3) is 0 Å². The van der Waals surface area contributed by atoms with E-state index in [0.29, 0.717) is 0 Å². The van der Waals surface area contributed by atoms with E-state index in [-0.39, 0.29) is 6.47 Å². The van der Waals surface area contributed by atoms with Gasteiger partial charge in [-0.2, -0.15) is 0 Å². The maximum absolute atomic E-state index is 8.36. The Morgan fingerprint density at radius 3 is 2.08 bits per heavy atom. The van der Waals surface area contributed by atoms with E-state index in [1.165, 1.54) is 11.1 Å². The molecule has 0 fully saturated rings. The molecule has 0 aliphatic heterocycles. The molecule has 70 valence electrons. The molecule has 1 N–H and O–H groups in total. The van der Waals surface area contributed by atoms with Crippen LogP contribution in [-0.4, -0.2) is 11.6 Å². The van der Waals surface area contributed by atoms with Crippen molar-refractivity contribution < 1.29 is 9.90 Å². The number of rotatable bonds is 3. The Morgan fingerprint density at radius 1 is 1.42 bits per heavy atom. The summed E-state index contributed by atoms with van der Waals surface area (Å²) in [5, 5.41) is 6.89. The predicted octanol–water partition coefficient (Wildman–Crippen LogP) is 3.01. The molecule has 0 aromatic rings. The fourth-order valence-electron chi connectivity index (χ4n) is 0.607. The molecule has 0 aromatic carbocycles. The van der Waals surface area contributed by atoms with Gasteiger partial charge in [0.25, 0.3) is 6.47 Å². The highest BCUT2D eigenvalue weighted by molar-refractivity contribution is 5.32.